The second-order valence-corrected chi connectivity index (χ2v) is 8.78. The first-order chi connectivity index (χ1) is 14.6. The summed E-state index contributed by atoms with van der Waals surface area (Å²) in [6.45, 7) is 4.42. The van der Waals surface area contributed by atoms with Gasteiger partial charge in [0.15, 0.2) is 5.82 Å². The Morgan fingerprint density at radius 3 is 2.20 bits per heavy atom. The van der Waals surface area contributed by atoms with Gasteiger partial charge in [0.2, 0.25) is 0 Å². The summed E-state index contributed by atoms with van der Waals surface area (Å²) in [7, 11) is 0. The zero-order chi connectivity index (χ0) is 20.5. The van der Waals surface area contributed by atoms with Crippen molar-refractivity contribution in [3.63, 3.8) is 0 Å². The highest BCUT2D eigenvalue weighted by Gasteiger charge is 2.39. The van der Waals surface area contributed by atoms with Crippen molar-refractivity contribution in [3.8, 4) is 22.5 Å². The highest BCUT2D eigenvalue weighted by Crippen LogP contribution is 2.50. The van der Waals surface area contributed by atoms with Gasteiger partial charge in [-0.2, -0.15) is 0 Å². The van der Waals surface area contributed by atoms with E-state index >= 15 is 0 Å². The van der Waals surface area contributed by atoms with Crippen LogP contribution in [0.1, 0.15) is 25.1 Å². The molecular formula is C27H19ClN2. The maximum atomic E-state index is 6.80. The van der Waals surface area contributed by atoms with E-state index in [9.17, 15) is 0 Å². The predicted molar refractivity (Wildman–Crippen MR) is 125 cm³/mol. The average molecular weight is 407 g/mol. The van der Waals surface area contributed by atoms with E-state index in [0.29, 0.717) is 11.0 Å². The number of halogens is 1. The lowest BCUT2D eigenvalue weighted by atomic mass is 9.85. The summed E-state index contributed by atoms with van der Waals surface area (Å²) >= 11 is 6.80. The quantitative estimate of drug-likeness (QED) is 0.214. The van der Waals surface area contributed by atoms with Crippen LogP contribution < -0.4 is 0 Å². The molecule has 0 atom stereocenters. The Morgan fingerprint density at radius 1 is 0.700 bits per heavy atom. The molecule has 2 nitrogen and oxygen atoms in total. The number of nitrogens with zero attached hydrogens (tertiary/aromatic N) is 2. The zero-order valence-corrected chi connectivity index (χ0v) is 17.5. The van der Waals surface area contributed by atoms with Crippen LogP contribution >= 0.6 is 11.6 Å². The molecule has 0 saturated heterocycles. The predicted octanol–water partition coefficient (Wildman–Crippen LogP) is 7.41. The van der Waals surface area contributed by atoms with Crippen molar-refractivity contribution < 1.29 is 0 Å². The van der Waals surface area contributed by atoms with E-state index in [0.717, 1.165) is 27.8 Å². The molecule has 1 aliphatic carbocycles. The van der Waals surface area contributed by atoms with Gasteiger partial charge in [-0.25, -0.2) is 9.97 Å². The molecule has 0 aliphatic heterocycles. The molecule has 1 aliphatic rings. The Kier molecular flexibility index (Phi) is 3.60. The van der Waals surface area contributed by atoms with E-state index in [1.54, 1.807) is 0 Å². The molecular weight excluding hydrogens is 388 g/mol. The van der Waals surface area contributed by atoms with Crippen LogP contribution in [0.2, 0.25) is 5.15 Å². The second kappa shape index (κ2) is 6.13. The maximum absolute atomic E-state index is 6.80. The van der Waals surface area contributed by atoms with Crippen molar-refractivity contribution in [2.24, 2.45) is 0 Å². The first-order valence-electron chi connectivity index (χ1n) is 10.1. The van der Waals surface area contributed by atoms with E-state index in [2.05, 4.69) is 86.6 Å². The minimum atomic E-state index is -0.222. The van der Waals surface area contributed by atoms with Crippen LogP contribution in [0.3, 0.4) is 0 Å². The van der Waals surface area contributed by atoms with Crippen molar-refractivity contribution in [3.05, 3.63) is 95.3 Å². The summed E-state index contributed by atoms with van der Waals surface area (Å²) in [5.41, 5.74) is 5.14. The number of hydrogen-bond acceptors (Lipinski definition) is 2. The average Bonchev–Trinajstić information content (AvgIpc) is 3.01. The van der Waals surface area contributed by atoms with E-state index in [1.165, 1.54) is 21.7 Å². The van der Waals surface area contributed by atoms with Crippen LogP contribution in [0.25, 0.3) is 44.1 Å². The molecule has 0 N–H and O–H groups in total. The molecule has 0 saturated carbocycles. The number of rotatable bonds is 1. The van der Waals surface area contributed by atoms with Crippen molar-refractivity contribution in [1.82, 2.24) is 9.97 Å². The van der Waals surface area contributed by atoms with Gasteiger partial charge in [-0.05, 0) is 38.7 Å². The minimum Gasteiger partial charge on any atom is -0.231 e. The molecule has 1 aromatic heterocycles. The molecule has 1 heterocycles. The van der Waals surface area contributed by atoms with Gasteiger partial charge in [-0.3, -0.25) is 0 Å². The second-order valence-electron chi connectivity index (χ2n) is 8.42. The Labute approximate surface area is 180 Å². The van der Waals surface area contributed by atoms with Crippen LogP contribution in [0.4, 0.5) is 0 Å². The number of benzene rings is 4. The molecule has 6 rings (SSSR count). The molecule has 5 aromatic rings. The SMILES string of the molecule is CC1(C)c2ccccc2-c2c(Cl)nc(-c3cc4ccccc4c4ccccc34)nc21. The summed E-state index contributed by atoms with van der Waals surface area (Å²) in [4.78, 5) is 9.90. The maximum Gasteiger partial charge on any atom is 0.161 e. The van der Waals surface area contributed by atoms with Gasteiger partial charge >= 0.3 is 0 Å². The van der Waals surface area contributed by atoms with E-state index in [1.807, 2.05) is 6.07 Å². The summed E-state index contributed by atoms with van der Waals surface area (Å²) in [5.74, 6) is 0.682. The monoisotopic (exact) mass is 406 g/mol. The van der Waals surface area contributed by atoms with E-state index < -0.39 is 0 Å². The highest BCUT2D eigenvalue weighted by atomic mass is 35.5. The Morgan fingerprint density at radius 2 is 1.37 bits per heavy atom. The summed E-state index contributed by atoms with van der Waals surface area (Å²) in [5, 5.41) is 5.27. The molecule has 144 valence electrons. The van der Waals surface area contributed by atoms with Crippen LogP contribution in [-0.2, 0) is 5.41 Å². The first-order valence-corrected chi connectivity index (χ1v) is 10.5. The molecule has 4 aromatic carbocycles. The van der Waals surface area contributed by atoms with Gasteiger partial charge < -0.3 is 0 Å². The lowest BCUT2D eigenvalue weighted by Crippen LogP contribution is -2.17. The third-order valence-electron chi connectivity index (χ3n) is 6.34. The van der Waals surface area contributed by atoms with Crippen LogP contribution in [0.5, 0.6) is 0 Å². The van der Waals surface area contributed by atoms with Crippen molar-refractivity contribution in [2.75, 3.05) is 0 Å². The van der Waals surface area contributed by atoms with Crippen molar-refractivity contribution in [2.45, 2.75) is 19.3 Å². The fourth-order valence-electron chi connectivity index (χ4n) is 4.86. The smallest absolute Gasteiger partial charge is 0.161 e. The van der Waals surface area contributed by atoms with Crippen molar-refractivity contribution >= 4 is 33.1 Å². The fraction of sp³-hybridized carbons (Fsp3) is 0.111. The van der Waals surface area contributed by atoms with Gasteiger partial charge in [0.1, 0.15) is 5.15 Å². The standard InChI is InChI=1S/C27H19ClN2/c1-27(2)22-14-8-7-13-20(22)23-24(27)29-26(30-25(23)28)21-15-16-9-3-4-10-17(16)18-11-5-6-12-19(18)21/h3-15H,1-2H3. The third-order valence-corrected chi connectivity index (χ3v) is 6.61. The van der Waals surface area contributed by atoms with Gasteiger partial charge in [-0.15, -0.1) is 0 Å². The molecule has 0 fully saturated rings. The van der Waals surface area contributed by atoms with Crippen LogP contribution in [0.15, 0.2) is 78.9 Å². The lowest BCUT2D eigenvalue weighted by Gasteiger charge is -2.20. The number of fused-ring (bicyclic) bond motifs is 6. The molecule has 0 amide bonds. The number of aromatic nitrogens is 2. The summed E-state index contributed by atoms with van der Waals surface area (Å²) in [6, 6.07) is 27.5. The minimum absolute atomic E-state index is 0.222. The van der Waals surface area contributed by atoms with Gasteiger partial charge in [0.05, 0.1) is 5.69 Å². The largest absolute Gasteiger partial charge is 0.231 e. The third kappa shape index (κ3) is 2.31. The molecule has 30 heavy (non-hydrogen) atoms. The molecule has 0 radical (unpaired) electrons. The molecule has 0 bridgehead atoms. The fourth-order valence-corrected chi connectivity index (χ4v) is 5.13. The van der Waals surface area contributed by atoms with E-state index in [-0.39, 0.29) is 5.41 Å². The molecule has 0 unspecified atom stereocenters. The Bertz CT molecular complexity index is 1480. The van der Waals surface area contributed by atoms with Crippen LogP contribution in [-0.4, -0.2) is 9.97 Å². The van der Waals surface area contributed by atoms with E-state index in [4.69, 9.17) is 21.6 Å². The first kappa shape index (κ1) is 17.6. The van der Waals surface area contributed by atoms with Crippen LogP contribution in [0, 0.1) is 0 Å². The Balaban J connectivity index is 1.69. The topological polar surface area (TPSA) is 25.8 Å². The normalized spacial score (nSPS) is 14.1. The number of hydrogen-bond donors (Lipinski definition) is 0. The Hall–Kier alpha value is -3.23. The highest BCUT2D eigenvalue weighted by molar-refractivity contribution is 6.32. The summed E-state index contributed by atoms with van der Waals surface area (Å²) < 4.78 is 0. The summed E-state index contributed by atoms with van der Waals surface area (Å²) in [6.07, 6.45) is 0. The van der Waals surface area contributed by atoms with Gasteiger partial charge in [0.25, 0.3) is 0 Å². The lowest BCUT2D eigenvalue weighted by molar-refractivity contribution is 0.636. The molecule has 0 spiro atoms. The van der Waals surface area contributed by atoms with Gasteiger partial charge in [-0.1, -0.05) is 98.2 Å². The van der Waals surface area contributed by atoms with Gasteiger partial charge in [0, 0.05) is 16.5 Å². The van der Waals surface area contributed by atoms with Crippen molar-refractivity contribution in [1.29, 1.82) is 0 Å². The zero-order valence-electron chi connectivity index (χ0n) is 16.8. The molecule has 3 heteroatoms.